The Kier molecular flexibility index (Phi) is 3.14. The molecule has 0 aliphatic carbocycles. The van der Waals surface area contributed by atoms with Gasteiger partial charge in [0.05, 0.1) is 14.2 Å². The van der Waals surface area contributed by atoms with Crippen LogP contribution in [0.3, 0.4) is 0 Å². The quantitative estimate of drug-likeness (QED) is 0.834. The summed E-state index contributed by atoms with van der Waals surface area (Å²) in [5.74, 6) is -2.09. The Morgan fingerprint density at radius 1 is 1.33 bits per heavy atom. The number of aromatic carboxylic acids is 1. The first-order valence-electron chi connectivity index (χ1n) is 4.17. The average molecular weight is 214 g/mol. The van der Waals surface area contributed by atoms with Crippen molar-refractivity contribution >= 4 is 5.97 Å². The van der Waals surface area contributed by atoms with E-state index in [9.17, 15) is 9.18 Å². The molecule has 4 nitrogen and oxygen atoms in total. The van der Waals surface area contributed by atoms with Gasteiger partial charge in [-0.2, -0.15) is 0 Å². The fourth-order valence-corrected chi connectivity index (χ4v) is 1.32. The fourth-order valence-electron chi connectivity index (χ4n) is 1.32. The number of benzene rings is 1. The van der Waals surface area contributed by atoms with Crippen molar-refractivity contribution in [2.24, 2.45) is 0 Å². The molecule has 0 aliphatic rings. The molecule has 0 aromatic heterocycles. The van der Waals surface area contributed by atoms with Crippen LogP contribution in [0.5, 0.6) is 11.5 Å². The molecular weight excluding hydrogens is 203 g/mol. The summed E-state index contributed by atoms with van der Waals surface area (Å²) in [6.45, 7) is 1.48. The van der Waals surface area contributed by atoms with Gasteiger partial charge in [0.2, 0.25) is 0 Å². The third-order valence-electron chi connectivity index (χ3n) is 2.10. The lowest BCUT2D eigenvalue weighted by atomic mass is 10.1. The Balaban J connectivity index is 3.53. The first-order valence-corrected chi connectivity index (χ1v) is 4.17. The lowest BCUT2D eigenvalue weighted by molar-refractivity contribution is 0.0689. The van der Waals surface area contributed by atoms with Crippen LogP contribution in [0.1, 0.15) is 15.9 Å². The standard InChI is InChI=1S/C10H11FO4/c1-5-6(14-2)4-7(15-3)9(11)8(5)10(12)13/h4H,1-3H3,(H,12,13). The second-order valence-electron chi connectivity index (χ2n) is 2.90. The minimum atomic E-state index is -1.35. The van der Waals surface area contributed by atoms with Gasteiger partial charge in [0.1, 0.15) is 11.3 Å². The van der Waals surface area contributed by atoms with Crippen LogP contribution in [-0.4, -0.2) is 25.3 Å². The van der Waals surface area contributed by atoms with E-state index in [0.29, 0.717) is 0 Å². The molecule has 0 aliphatic heterocycles. The molecule has 0 unspecified atom stereocenters. The van der Waals surface area contributed by atoms with E-state index in [0.717, 1.165) is 0 Å². The van der Waals surface area contributed by atoms with E-state index in [1.54, 1.807) is 0 Å². The molecule has 1 aromatic rings. The highest BCUT2D eigenvalue weighted by Gasteiger charge is 2.21. The molecule has 0 atom stereocenters. The van der Waals surface area contributed by atoms with Gasteiger partial charge in [0.15, 0.2) is 11.6 Å². The van der Waals surface area contributed by atoms with Crippen LogP contribution in [0.2, 0.25) is 0 Å². The van der Waals surface area contributed by atoms with Crippen molar-refractivity contribution in [3.63, 3.8) is 0 Å². The van der Waals surface area contributed by atoms with Gasteiger partial charge in [-0.3, -0.25) is 0 Å². The predicted octanol–water partition coefficient (Wildman–Crippen LogP) is 1.85. The summed E-state index contributed by atoms with van der Waals surface area (Å²) in [6.07, 6.45) is 0. The maximum atomic E-state index is 13.5. The Labute approximate surface area is 86.2 Å². The molecule has 1 aromatic carbocycles. The largest absolute Gasteiger partial charge is 0.496 e. The second-order valence-corrected chi connectivity index (χ2v) is 2.90. The smallest absolute Gasteiger partial charge is 0.339 e. The molecule has 0 saturated heterocycles. The number of carboxylic acids is 1. The minimum Gasteiger partial charge on any atom is -0.496 e. The number of methoxy groups -OCH3 is 2. The van der Waals surface area contributed by atoms with Gasteiger partial charge < -0.3 is 14.6 Å². The molecule has 1 rings (SSSR count). The van der Waals surface area contributed by atoms with Gasteiger partial charge in [-0.25, -0.2) is 9.18 Å². The van der Waals surface area contributed by atoms with E-state index >= 15 is 0 Å². The zero-order chi connectivity index (χ0) is 11.6. The lowest BCUT2D eigenvalue weighted by Gasteiger charge is -2.11. The summed E-state index contributed by atoms with van der Waals surface area (Å²) in [5, 5.41) is 8.84. The summed E-state index contributed by atoms with van der Waals surface area (Å²) < 4.78 is 23.2. The number of carboxylic acid groups (broad SMARTS) is 1. The molecule has 0 spiro atoms. The molecular formula is C10H11FO4. The predicted molar refractivity (Wildman–Crippen MR) is 51.2 cm³/mol. The van der Waals surface area contributed by atoms with Crippen molar-refractivity contribution in [2.45, 2.75) is 6.92 Å². The summed E-state index contributed by atoms with van der Waals surface area (Å²) in [4.78, 5) is 10.8. The topological polar surface area (TPSA) is 55.8 Å². The van der Waals surface area contributed by atoms with E-state index in [-0.39, 0.29) is 17.1 Å². The molecule has 15 heavy (non-hydrogen) atoms. The zero-order valence-corrected chi connectivity index (χ0v) is 8.63. The van der Waals surface area contributed by atoms with E-state index in [2.05, 4.69) is 0 Å². The molecule has 0 bridgehead atoms. The van der Waals surface area contributed by atoms with Crippen LogP contribution in [0.25, 0.3) is 0 Å². The van der Waals surface area contributed by atoms with Crippen molar-refractivity contribution in [1.82, 2.24) is 0 Å². The number of halogens is 1. The molecule has 0 saturated carbocycles. The van der Waals surface area contributed by atoms with Gasteiger partial charge >= 0.3 is 5.97 Å². The van der Waals surface area contributed by atoms with Gasteiger partial charge in [-0.1, -0.05) is 0 Å². The third kappa shape index (κ3) is 1.86. The molecule has 0 amide bonds. The molecule has 5 heteroatoms. The van der Waals surface area contributed by atoms with Crippen LogP contribution in [0, 0.1) is 12.7 Å². The first-order chi connectivity index (χ1) is 7.02. The number of rotatable bonds is 3. The number of carbonyl (C=O) groups is 1. The number of hydrogen-bond acceptors (Lipinski definition) is 3. The Hall–Kier alpha value is -1.78. The van der Waals surface area contributed by atoms with Crippen molar-refractivity contribution < 1.29 is 23.8 Å². The van der Waals surface area contributed by atoms with Gasteiger partial charge in [0.25, 0.3) is 0 Å². The SMILES string of the molecule is COc1cc(OC)c(F)c(C(=O)O)c1C. The Bertz CT molecular complexity index is 373. The molecule has 82 valence electrons. The van der Waals surface area contributed by atoms with Crippen molar-refractivity contribution in [2.75, 3.05) is 14.2 Å². The zero-order valence-electron chi connectivity index (χ0n) is 8.63. The highest BCUT2D eigenvalue weighted by molar-refractivity contribution is 5.91. The fraction of sp³-hybridized carbons (Fsp3) is 0.300. The molecule has 0 heterocycles. The van der Waals surface area contributed by atoms with E-state index in [1.165, 1.54) is 27.2 Å². The monoisotopic (exact) mass is 214 g/mol. The van der Waals surface area contributed by atoms with Crippen LogP contribution in [-0.2, 0) is 0 Å². The average Bonchev–Trinajstić information content (AvgIpc) is 2.18. The normalized spacial score (nSPS) is 9.87. The van der Waals surface area contributed by atoms with Crippen molar-refractivity contribution in [3.8, 4) is 11.5 Å². The highest BCUT2D eigenvalue weighted by Crippen LogP contribution is 2.31. The van der Waals surface area contributed by atoms with Gasteiger partial charge in [0, 0.05) is 11.6 Å². The van der Waals surface area contributed by atoms with Gasteiger partial charge in [-0.15, -0.1) is 0 Å². The maximum Gasteiger partial charge on any atom is 0.339 e. The number of hydrogen-bond donors (Lipinski definition) is 1. The summed E-state index contributed by atoms with van der Waals surface area (Å²) >= 11 is 0. The Morgan fingerprint density at radius 3 is 2.27 bits per heavy atom. The molecule has 0 fully saturated rings. The highest BCUT2D eigenvalue weighted by atomic mass is 19.1. The van der Waals surface area contributed by atoms with E-state index < -0.39 is 17.3 Å². The second kappa shape index (κ2) is 4.16. The summed E-state index contributed by atoms with van der Waals surface area (Å²) in [6, 6.07) is 1.32. The van der Waals surface area contributed by atoms with E-state index in [4.69, 9.17) is 14.6 Å². The lowest BCUT2D eigenvalue weighted by Crippen LogP contribution is -2.07. The minimum absolute atomic E-state index is 0.144. The third-order valence-corrected chi connectivity index (χ3v) is 2.10. The molecule has 0 radical (unpaired) electrons. The first kappa shape index (κ1) is 11.3. The van der Waals surface area contributed by atoms with Crippen molar-refractivity contribution in [1.29, 1.82) is 0 Å². The van der Waals surface area contributed by atoms with Crippen LogP contribution < -0.4 is 9.47 Å². The van der Waals surface area contributed by atoms with Crippen molar-refractivity contribution in [3.05, 3.63) is 23.0 Å². The van der Waals surface area contributed by atoms with Crippen LogP contribution >= 0.6 is 0 Å². The van der Waals surface area contributed by atoms with E-state index in [1.807, 2.05) is 0 Å². The summed E-state index contributed by atoms with van der Waals surface area (Å²) in [7, 11) is 2.64. The number of ether oxygens (including phenoxy) is 2. The van der Waals surface area contributed by atoms with Crippen LogP contribution in [0.15, 0.2) is 6.07 Å². The van der Waals surface area contributed by atoms with Gasteiger partial charge in [-0.05, 0) is 6.92 Å². The summed E-state index contributed by atoms with van der Waals surface area (Å²) in [5.41, 5.74) is -0.186. The molecule has 1 N–H and O–H groups in total. The maximum absolute atomic E-state index is 13.5. The Morgan fingerprint density at radius 2 is 1.87 bits per heavy atom. The van der Waals surface area contributed by atoms with Crippen LogP contribution in [0.4, 0.5) is 4.39 Å².